The largest absolute Gasteiger partial charge is 0.350 e. The van der Waals surface area contributed by atoms with Gasteiger partial charge in [0, 0.05) is 18.6 Å². The minimum absolute atomic E-state index is 0.0777. The molecule has 1 amide bonds. The van der Waals surface area contributed by atoms with Gasteiger partial charge in [0.2, 0.25) is 5.91 Å². The van der Waals surface area contributed by atoms with Crippen molar-refractivity contribution in [2.24, 2.45) is 0 Å². The lowest BCUT2D eigenvalue weighted by Crippen LogP contribution is -2.45. The SMILES string of the molecule is CC(C)(C)NC(=O)CNCCN1CCCC1. The van der Waals surface area contributed by atoms with Crippen LogP contribution in [0.25, 0.3) is 0 Å². The number of hydrogen-bond acceptors (Lipinski definition) is 3. The molecule has 2 N–H and O–H groups in total. The predicted octanol–water partition coefficient (Wildman–Crippen LogP) is 0.587. The van der Waals surface area contributed by atoms with Crippen LogP contribution in [0.4, 0.5) is 0 Å². The molecule has 1 fully saturated rings. The van der Waals surface area contributed by atoms with E-state index in [1.54, 1.807) is 0 Å². The molecule has 16 heavy (non-hydrogen) atoms. The first-order valence-electron chi connectivity index (χ1n) is 6.21. The Balaban J connectivity index is 2.00. The Kier molecular flexibility index (Phi) is 5.22. The van der Waals surface area contributed by atoms with E-state index in [-0.39, 0.29) is 11.4 Å². The molecule has 0 aromatic carbocycles. The van der Waals surface area contributed by atoms with Crippen LogP contribution in [0, 0.1) is 0 Å². The fraction of sp³-hybridized carbons (Fsp3) is 0.917. The van der Waals surface area contributed by atoms with Crippen LogP contribution in [0.1, 0.15) is 33.6 Å². The molecule has 0 saturated carbocycles. The molecule has 0 spiro atoms. The minimum atomic E-state index is -0.131. The number of carbonyl (C=O) groups is 1. The van der Waals surface area contributed by atoms with Crippen LogP contribution in [0.5, 0.6) is 0 Å². The molecule has 4 heteroatoms. The zero-order valence-electron chi connectivity index (χ0n) is 10.8. The van der Waals surface area contributed by atoms with Crippen molar-refractivity contribution in [1.82, 2.24) is 15.5 Å². The van der Waals surface area contributed by atoms with E-state index in [1.165, 1.54) is 25.9 Å². The molecule has 1 aliphatic heterocycles. The Morgan fingerprint density at radius 1 is 1.25 bits per heavy atom. The second-order valence-electron chi connectivity index (χ2n) is 5.52. The van der Waals surface area contributed by atoms with Crippen LogP contribution < -0.4 is 10.6 Å². The smallest absolute Gasteiger partial charge is 0.234 e. The zero-order chi connectivity index (χ0) is 12.0. The minimum Gasteiger partial charge on any atom is -0.350 e. The van der Waals surface area contributed by atoms with E-state index in [2.05, 4.69) is 15.5 Å². The second kappa shape index (κ2) is 6.21. The fourth-order valence-electron chi connectivity index (χ4n) is 1.91. The van der Waals surface area contributed by atoms with Gasteiger partial charge in [0.05, 0.1) is 6.54 Å². The first-order chi connectivity index (χ1) is 7.47. The molecule has 1 aliphatic rings. The maximum atomic E-state index is 11.5. The molecular formula is C12H25N3O. The van der Waals surface area contributed by atoms with E-state index in [9.17, 15) is 4.79 Å². The number of hydrogen-bond donors (Lipinski definition) is 2. The normalized spacial score (nSPS) is 17.7. The second-order valence-corrected chi connectivity index (χ2v) is 5.52. The summed E-state index contributed by atoms with van der Waals surface area (Å²) in [5.74, 6) is 0.0777. The Morgan fingerprint density at radius 2 is 1.88 bits per heavy atom. The number of carbonyl (C=O) groups excluding carboxylic acids is 1. The van der Waals surface area contributed by atoms with Crippen molar-refractivity contribution in [2.45, 2.75) is 39.2 Å². The van der Waals surface area contributed by atoms with Gasteiger partial charge in [-0.25, -0.2) is 0 Å². The Morgan fingerprint density at radius 3 is 2.44 bits per heavy atom. The van der Waals surface area contributed by atoms with Gasteiger partial charge in [0.15, 0.2) is 0 Å². The first kappa shape index (κ1) is 13.5. The van der Waals surface area contributed by atoms with Gasteiger partial charge in [-0.2, -0.15) is 0 Å². The van der Waals surface area contributed by atoms with Crippen molar-refractivity contribution in [2.75, 3.05) is 32.7 Å². The first-order valence-corrected chi connectivity index (χ1v) is 6.21. The number of nitrogens with one attached hydrogen (secondary N) is 2. The van der Waals surface area contributed by atoms with Crippen molar-refractivity contribution in [1.29, 1.82) is 0 Å². The summed E-state index contributed by atoms with van der Waals surface area (Å²) in [7, 11) is 0. The lowest BCUT2D eigenvalue weighted by Gasteiger charge is -2.21. The van der Waals surface area contributed by atoms with Gasteiger partial charge in [-0.15, -0.1) is 0 Å². The summed E-state index contributed by atoms with van der Waals surface area (Å²) in [5, 5.41) is 6.11. The topological polar surface area (TPSA) is 44.4 Å². The summed E-state index contributed by atoms with van der Waals surface area (Å²) in [6.07, 6.45) is 2.65. The number of rotatable bonds is 5. The molecule has 0 aromatic rings. The Bertz CT molecular complexity index is 217. The number of nitrogens with zero attached hydrogens (tertiary/aromatic N) is 1. The van der Waals surface area contributed by atoms with Crippen LogP contribution in [0.15, 0.2) is 0 Å². The standard InChI is InChI=1S/C12H25N3O/c1-12(2,3)14-11(16)10-13-6-9-15-7-4-5-8-15/h13H,4-10H2,1-3H3,(H,14,16). The van der Waals surface area contributed by atoms with Crippen molar-refractivity contribution in [3.05, 3.63) is 0 Å². The molecule has 0 bridgehead atoms. The molecule has 1 saturated heterocycles. The highest BCUT2D eigenvalue weighted by Gasteiger charge is 2.13. The average molecular weight is 227 g/mol. The average Bonchev–Trinajstić information content (AvgIpc) is 2.62. The molecular weight excluding hydrogens is 202 g/mol. The monoisotopic (exact) mass is 227 g/mol. The number of amides is 1. The van der Waals surface area contributed by atoms with Gasteiger partial charge in [0.1, 0.15) is 0 Å². The molecule has 0 aliphatic carbocycles. The van der Waals surface area contributed by atoms with Gasteiger partial charge in [-0.1, -0.05) is 0 Å². The summed E-state index contributed by atoms with van der Waals surface area (Å²) in [6, 6.07) is 0. The van der Waals surface area contributed by atoms with Crippen LogP contribution in [-0.2, 0) is 4.79 Å². The van der Waals surface area contributed by atoms with E-state index < -0.39 is 0 Å². The Hall–Kier alpha value is -0.610. The molecule has 4 nitrogen and oxygen atoms in total. The van der Waals surface area contributed by atoms with Crippen molar-refractivity contribution in [3.8, 4) is 0 Å². The van der Waals surface area contributed by atoms with E-state index in [4.69, 9.17) is 0 Å². The molecule has 0 aromatic heterocycles. The van der Waals surface area contributed by atoms with Gasteiger partial charge in [-0.3, -0.25) is 4.79 Å². The summed E-state index contributed by atoms with van der Waals surface area (Å²) in [4.78, 5) is 13.9. The zero-order valence-corrected chi connectivity index (χ0v) is 10.8. The maximum Gasteiger partial charge on any atom is 0.234 e. The van der Waals surface area contributed by atoms with Crippen molar-refractivity contribution >= 4 is 5.91 Å². The summed E-state index contributed by atoms with van der Waals surface area (Å²) < 4.78 is 0. The highest BCUT2D eigenvalue weighted by molar-refractivity contribution is 5.78. The summed E-state index contributed by atoms with van der Waals surface area (Å²) in [6.45, 7) is 10.8. The third kappa shape index (κ3) is 6.08. The van der Waals surface area contributed by atoms with Crippen LogP contribution >= 0.6 is 0 Å². The molecule has 0 radical (unpaired) electrons. The van der Waals surface area contributed by atoms with E-state index in [0.717, 1.165) is 13.1 Å². The molecule has 0 unspecified atom stereocenters. The van der Waals surface area contributed by atoms with E-state index >= 15 is 0 Å². The quantitative estimate of drug-likeness (QED) is 0.676. The summed E-state index contributed by atoms with van der Waals surface area (Å²) >= 11 is 0. The third-order valence-corrected chi connectivity index (χ3v) is 2.60. The predicted molar refractivity (Wildman–Crippen MR) is 66.4 cm³/mol. The highest BCUT2D eigenvalue weighted by atomic mass is 16.2. The van der Waals surface area contributed by atoms with Gasteiger partial charge < -0.3 is 15.5 Å². The van der Waals surface area contributed by atoms with Crippen molar-refractivity contribution in [3.63, 3.8) is 0 Å². The molecule has 94 valence electrons. The lowest BCUT2D eigenvalue weighted by molar-refractivity contribution is -0.121. The summed E-state index contributed by atoms with van der Waals surface area (Å²) in [5.41, 5.74) is -0.131. The van der Waals surface area contributed by atoms with E-state index in [1.807, 2.05) is 20.8 Å². The van der Waals surface area contributed by atoms with Crippen LogP contribution in [0.2, 0.25) is 0 Å². The van der Waals surface area contributed by atoms with E-state index in [0.29, 0.717) is 6.54 Å². The molecule has 0 atom stereocenters. The van der Waals surface area contributed by atoms with Crippen LogP contribution in [-0.4, -0.2) is 49.1 Å². The lowest BCUT2D eigenvalue weighted by atomic mass is 10.1. The molecule has 1 heterocycles. The molecule has 1 rings (SSSR count). The van der Waals surface area contributed by atoms with Gasteiger partial charge in [-0.05, 0) is 46.7 Å². The Labute approximate surface area is 98.8 Å². The maximum absolute atomic E-state index is 11.5. The third-order valence-electron chi connectivity index (χ3n) is 2.60. The van der Waals surface area contributed by atoms with Crippen molar-refractivity contribution < 1.29 is 4.79 Å². The fourth-order valence-corrected chi connectivity index (χ4v) is 1.91. The van der Waals surface area contributed by atoms with Crippen LogP contribution in [0.3, 0.4) is 0 Å². The van der Waals surface area contributed by atoms with Gasteiger partial charge in [0.25, 0.3) is 0 Å². The number of likely N-dealkylation sites (tertiary alicyclic amines) is 1. The highest BCUT2D eigenvalue weighted by Crippen LogP contribution is 2.05. The van der Waals surface area contributed by atoms with Gasteiger partial charge >= 0.3 is 0 Å².